The summed E-state index contributed by atoms with van der Waals surface area (Å²) in [6.07, 6.45) is 5.40. The molecule has 4 nitrogen and oxygen atoms in total. The van der Waals surface area contributed by atoms with Crippen LogP contribution < -0.4 is 5.32 Å². The highest BCUT2D eigenvalue weighted by Crippen LogP contribution is 2.49. The van der Waals surface area contributed by atoms with Gasteiger partial charge in [-0.05, 0) is 66.8 Å². The molecular weight excluding hydrogens is 318 g/mol. The molecule has 0 aromatic carbocycles. The molecule has 2 fully saturated rings. The summed E-state index contributed by atoms with van der Waals surface area (Å²) in [4.78, 5) is 12.4. The molecule has 1 amide bonds. The normalized spacial score (nSPS) is 29.7. The van der Waals surface area contributed by atoms with Crippen LogP contribution in [0.2, 0.25) is 0 Å². The number of aromatic nitrogens is 2. The van der Waals surface area contributed by atoms with Gasteiger partial charge in [-0.2, -0.15) is 5.10 Å². The average molecular weight is 340 g/mol. The molecule has 0 unspecified atom stereocenters. The van der Waals surface area contributed by atoms with Gasteiger partial charge in [0.15, 0.2) is 5.69 Å². The highest BCUT2D eigenvalue weighted by atomic mass is 79.9. The monoisotopic (exact) mass is 339 g/mol. The van der Waals surface area contributed by atoms with Crippen molar-refractivity contribution in [1.82, 2.24) is 15.1 Å². The topological polar surface area (TPSA) is 46.9 Å². The van der Waals surface area contributed by atoms with E-state index in [1.165, 1.54) is 25.7 Å². The minimum Gasteiger partial charge on any atom is -0.348 e. The first-order chi connectivity index (χ1) is 9.47. The van der Waals surface area contributed by atoms with E-state index in [2.05, 4.69) is 33.3 Å². The van der Waals surface area contributed by atoms with E-state index >= 15 is 0 Å². The van der Waals surface area contributed by atoms with Crippen LogP contribution >= 0.6 is 15.9 Å². The summed E-state index contributed by atoms with van der Waals surface area (Å²) in [6.45, 7) is 4.10. The molecule has 4 atom stereocenters. The Morgan fingerprint density at radius 2 is 2.20 bits per heavy atom. The standard InChI is InChI=1S/C15H22BrN3O/c1-8(12-7-10-4-5-11(12)6-10)17-15(20)14-13(16)9(2)19(3)18-14/h8,10-12H,4-7H2,1-3H3,(H,17,20)/t8-,10+,11+,12+/m0/s1. The maximum absolute atomic E-state index is 12.4. The minimum absolute atomic E-state index is 0.0594. The van der Waals surface area contributed by atoms with Crippen LogP contribution in [0.3, 0.4) is 0 Å². The molecule has 0 aliphatic heterocycles. The second kappa shape index (κ2) is 5.17. The fraction of sp³-hybridized carbons (Fsp3) is 0.733. The van der Waals surface area contributed by atoms with Crippen molar-refractivity contribution >= 4 is 21.8 Å². The third kappa shape index (κ3) is 2.30. The number of amides is 1. The first kappa shape index (κ1) is 14.1. The van der Waals surface area contributed by atoms with Crippen molar-refractivity contribution in [2.24, 2.45) is 24.8 Å². The van der Waals surface area contributed by atoms with Gasteiger partial charge in [-0.15, -0.1) is 0 Å². The Labute approximate surface area is 128 Å². The number of aryl methyl sites for hydroxylation is 1. The largest absolute Gasteiger partial charge is 0.348 e. The molecule has 1 aromatic heterocycles. The molecule has 1 aromatic rings. The zero-order valence-corrected chi connectivity index (χ0v) is 13.9. The third-order valence-electron chi connectivity index (χ3n) is 5.27. The van der Waals surface area contributed by atoms with Crippen molar-refractivity contribution in [2.45, 2.75) is 45.6 Å². The number of carbonyl (C=O) groups excluding carboxylic acids is 1. The van der Waals surface area contributed by atoms with Gasteiger partial charge in [0.2, 0.25) is 0 Å². The second-order valence-electron chi connectivity index (χ2n) is 6.47. The van der Waals surface area contributed by atoms with Gasteiger partial charge < -0.3 is 5.32 Å². The quantitative estimate of drug-likeness (QED) is 0.919. The number of nitrogens with one attached hydrogen (secondary N) is 1. The Bertz CT molecular complexity index is 539. The summed E-state index contributed by atoms with van der Waals surface area (Å²) in [5.74, 6) is 2.33. The summed E-state index contributed by atoms with van der Waals surface area (Å²) < 4.78 is 2.54. The molecule has 0 spiro atoms. The van der Waals surface area contributed by atoms with Crippen LogP contribution in [-0.4, -0.2) is 21.7 Å². The smallest absolute Gasteiger partial charge is 0.273 e. The Morgan fingerprint density at radius 3 is 2.70 bits per heavy atom. The number of fused-ring (bicyclic) bond motifs is 2. The number of halogens is 1. The Morgan fingerprint density at radius 1 is 1.45 bits per heavy atom. The zero-order chi connectivity index (χ0) is 14.4. The van der Waals surface area contributed by atoms with Crippen LogP contribution in [0.4, 0.5) is 0 Å². The lowest BCUT2D eigenvalue weighted by Crippen LogP contribution is -2.40. The molecule has 1 N–H and O–H groups in total. The van der Waals surface area contributed by atoms with E-state index in [0.717, 1.165) is 22.0 Å². The van der Waals surface area contributed by atoms with Gasteiger partial charge >= 0.3 is 0 Å². The molecule has 0 saturated heterocycles. The Kier molecular flexibility index (Phi) is 3.65. The number of rotatable bonds is 3. The lowest BCUT2D eigenvalue weighted by Gasteiger charge is -2.28. The second-order valence-corrected chi connectivity index (χ2v) is 7.27. The van der Waals surface area contributed by atoms with Gasteiger partial charge in [-0.3, -0.25) is 9.48 Å². The molecule has 5 heteroatoms. The molecule has 110 valence electrons. The van der Waals surface area contributed by atoms with Crippen molar-refractivity contribution in [3.05, 3.63) is 15.9 Å². The Balaban J connectivity index is 1.68. The Hall–Kier alpha value is -0.840. The van der Waals surface area contributed by atoms with E-state index < -0.39 is 0 Å². The van der Waals surface area contributed by atoms with E-state index in [1.54, 1.807) is 4.68 Å². The molecule has 2 bridgehead atoms. The van der Waals surface area contributed by atoms with Gasteiger partial charge in [0.25, 0.3) is 5.91 Å². The fourth-order valence-corrected chi connectivity index (χ4v) is 4.53. The first-order valence-electron chi connectivity index (χ1n) is 7.47. The number of carbonyl (C=O) groups is 1. The lowest BCUT2D eigenvalue weighted by atomic mass is 9.84. The molecule has 2 aliphatic carbocycles. The van der Waals surface area contributed by atoms with E-state index in [0.29, 0.717) is 11.6 Å². The van der Waals surface area contributed by atoms with E-state index in [9.17, 15) is 4.79 Å². The molecule has 1 heterocycles. The van der Waals surface area contributed by atoms with Gasteiger partial charge in [0.1, 0.15) is 0 Å². The zero-order valence-electron chi connectivity index (χ0n) is 12.3. The number of hydrogen-bond acceptors (Lipinski definition) is 2. The average Bonchev–Trinajstić information content (AvgIpc) is 3.10. The van der Waals surface area contributed by atoms with Gasteiger partial charge in [0.05, 0.1) is 10.2 Å². The summed E-state index contributed by atoms with van der Waals surface area (Å²) in [7, 11) is 1.86. The lowest BCUT2D eigenvalue weighted by molar-refractivity contribution is 0.0908. The van der Waals surface area contributed by atoms with Crippen LogP contribution in [0.25, 0.3) is 0 Å². The van der Waals surface area contributed by atoms with E-state index in [1.807, 2.05) is 14.0 Å². The molecular formula is C15H22BrN3O. The fourth-order valence-electron chi connectivity index (χ4n) is 4.02. The maximum Gasteiger partial charge on any atom is 0.273 e. The highest BCUT2D eigenvalue weighted by molar-refractivity contribution is 9.10. The molecule has 2 aliphatic rings. The maximum atomic E-state index is 12.4. The van der Waals surface area contributed by atoms with Crippen LogP contribution in [0, 0.1) is 24.7 Å². The summed E-state index contributed by atoms with van der Waals surface area (Å²) in [6, 6.07) is 0.243. The predicted octanol–water partition coefficient (Wildman–Crippen LogP) is 3.05. The van der Waals surface area contributed by atoms with Crippen molar-refractivity contribution < 1.29 is 4.79 Å². The molecule has 0 radical (unpaired) electrons. The minimum atomic E-state index is -0.0594. The van der Waals surface area contributed by atoms with Gasteiger partial charge in [-0.25, -0.2) is 0 Å². The van der Waals surface area contributed by atoms with Crippen LogP contribution in [0.1, 0.15) is 48.8 Å². The van der Waals surface area contributed by atoms with E-state index in [-0.39, 0.29) is 11.9 Å². The van der Waals surface area contributed by atoms with Crippen molar-refractivity contribution in [2.75, 3.05) is 0 Å². The molecule has 3 rings (SSSR count). The third-order valence-corrected chi connectivity index (χ3v) is 6.22. The van der Waals surface area contributed by atoms with Crippen LogP contribution in [0.15, 0.2) is 4.47 Å². The summed E-state index contributed by atoms with van der Waals surface area (Å²) in [5, 5.41) is 7.45. The van der Waals surface area contributed by atoms with Crippen LogP contribution in [0.5, 0.6) is 0 Å². The number of hydrogen-bond donors (Lipinski definition) is 1. The van der Waals surface area contributed by atoms with Crippen molar-refractivity contribution in [3.63, 3.8) is 0 Å². The van der Waals surface area contributed by atoms with Gasteiger partial charge in [0, 0.05) is 13.1 Å². The van der Waals surface area contributed by atoms with Crippen molar-refractivity contribution in [1.29, 1.82) is 0 Å². The molecule has 20 heavy (non-hydrogen) atoms. The van der Waals surface area contributed by atoms with Crippen molar-refractivity contribution in [3.8, 4) is 0 Å². The first-order valence-corrected chi connectivity index (χ1v) is 8.26. The predicted molar refractivity (Wildman–Crippen MR) is 81.5 cm³/mol. The van der Waals surface area contributed by atoms with Gasteiger partial charge in [-0.1, -0.05) is 6.42 Å². The van der Waals surface area contributed by atoms with Crippen LogP contribution in [-0.2, 0) is 7.05 Å². The van der Waals surface area contributed by atoms with E-state index in [4.69, 9.17) is 0 Å². The molecule has 2 saturated carbocycles. The summed E-state index contributed by atoms with van der Waals surface area (Å²) in [5.41, 5.74) is 1.47. The SMILES string of the molecule is Cc1c(Br)c(C(=O)N[C@@H](C)[C@H]2C[C@@H]3CC[C@@H]2C3)nn1C. The summed E-state index contributed by atoms with van der Waals surface area (Å²) >= 11 is 3.46. The highest BCUT2D eigenvalue weighted by Gasteiger charge is 2.42. The number of nitrogens with zero attached hydrogens (tertiary/aromatic N) is 2.